The van der Waals surface area contributed by atoms with E-state index in [9.17, 15) is 0 Å². The zero-order chi connectivity index (χ0) is 12.4. The Balaban J connectivity index is 2.08. The van der Waals surface area contributed by atoms with Gasteiger partial charge in [0.25, 0.3) is 0 Å². The first kappa shape index (κ1) is 12.1. The zero-order valence-corrected chi connectivity index (χ0v) is 11.5. The molecule has 0 saturated carbocycles. The Morgan fingerprint density at radius 1 is 1.47 bits per heavy atom. The molecule has 2 rings (SSSR count). The minimum Gasteiger partial charge on any atom is -0.377 e. The van der Waals surface area contributed by atoms with Crippen LogP contribution in [0.1, 0.15) is 36.2 Å². The molecule has 0 aliphatic rings. The molecule has 0 bridgehead atoms. The fraction of sp³-hybridized carbons (Fsp3) is 0.500. The number of anilines is 1. The largest absolute Gasteiger partial charge is 0.377 e. The molecule has 2 aromatic rings. The fourth-order valence-corrected chi connectivity index (χ4v) is 2.36. The maximum atomic E-state index is 4.46. The highest BCUT2D eigenvalue weighted by Crippen LogP contribution is 2.22. The van der Waals surface area contributed by atoms with E-state index >= 15 is 0 Å². The number of nitrogens with zero attached hydrogens (tertiary/aromatic N) is 3. The smallest absolute Gasteiger partial charge is 0.0898 e. The minimum atomic E-state index is 0.427. The molecule has 2 aromatic heterocycles. The highest BCUT2D eigenvalue weighted by molar-refractivity contribution is 7.09. The van der Waals surface area contributed by atoms with Crippen LogP contribution in [-0.2, 0) is 13.6 Å². The molecule has 0 saturated heterocycles. The number of rotatable bonds is 4. The summed E-state index contributed by atoms with van der Waals surface area (Å²) < 4.78 is 1.85. The van der Waals surface area contributed by atoms with Gasteiger partial charge in [0.1, 0.15) is 0 Å². The van der Waals surface area contributed by atoms with Gasteiger partial charge in [-0.25, -0.2) is 4.98 Å². The number of aromatic nitrogens is 3. The van der Waals surface area contributed by atoms with Gasteiger partial charge < -0.3 is 5.32 Å². The molecule has 5 heteroatoms. The first-order valence-corrected chi connectivity index (χ1v) is 6.62. The van der Waals surface area contributed by atoms with Gasteiger partial charge in [-0.3, -0.25) is 4.68 Å². The Morgan fingerprint density at radius 2 is 2.24 bits per heavy atom. The summed E-state index contributed by atoms with van der Waals surface area (Å²) >= 11 is 1.68. The number of hydrogen-bond acceptors (Lipinski definition) is 4. The van der Waals surface area contributed by atoms with Crippen molar-refractivity contribution in [1.82, 2.24) is 14.8 Å². The highest BCUT2D eigenvalue weighted by Gasteiger charge is 2.11. The van der Waals surface area contributed by atoms with Gasteiger partial charge >= 0.3 is 0 Å². The summed E-state index contributed by atoms with van der Waals surface area (Å²) in [5, 5.41) is 11.1. The highest BCUT2D eigenvalue weighted by atomic mass is 32.1. The minimum absolute atomic E-state index is 0.427. The number of hydrogen-bond donors (Lipinski definition) is 1. The van der Waals surface area contributed by atoms with Crippen LogP contribution in [0.2, 0.25) is 0 Å². The first-order chi connectivity index (χ1) is 8.06. The maximum Gasteiger partial charge on any atom is 0.0898 e. The van der Waals surface area contributed by atoms with E-state index in [1.165, 1.54) is 0 Å². The van der Waals surface area contributed by atoms with Gasteiger partial charge in [-0.1, -0.05) is 13.8 Å². The van der Waals surface area contributed by atoms with Gasteiger partial charge in [-0.15, -0.1) is 11.3 Å². The molecular weight excluding hydrogens is 232 g/mol. The van der Waals surface area contributed by atoms with Crippen LogP contribution in [0.15, 0.2) is 11.6 Å². The lowest BCUT2D eigenvalue weighted by atomic mass is 10.1. The van der Waals surface area contributed by atoms with Crippen LogP contribution in [0, 0.1) is 6.92 Å². The van der Waals surface area contributed by atoms with Crippen molar-refractivity contribution in [2.75, 3.05) is 5.32 Å². The lowest BCUT2D eigenvalue weighted by molar-refractivity contribution is 0.713. The van der Waals surface area contributed by atoms with Gasteiger partial charge in [0.15, 0.2) is 0 Å². The Kier molecular flexibility index (Phi) is 3.47. The van der Waals surface area contributed by atoms with Crippen LogP contribution in [-0.4, -0.2) is 14.8 Å². The summed E-state index contributed by atoms with van der Waals surface area (Å²) in [4.78, 5) is 4.44. The molecule has 0 aliphatic carbocycles. The third-order valence-corrected chi connectivity index (χ3v) is 3.35. The normalized spacial score (nSPS) is 11.1. The lowest BCUT2D eigenvalue weighted by Gasteiger charge is -2.06. The van der Waals surface area contributed by atoms with E-state index in [-0.39, 0.29) is 0 Å². The molecule has 0 aliphatic heterocycles. The molecule has 0 aromatic carbocycles. The summed E-state index contributed by atoms with van der Waals surface area (Å²) in [6.45, 7) is 7.09. The fourth-order valence-electron chi connectivity index (χ4n) is 1.74. The van der Waals surface area contributed by atoms with E-state index in [1.54, 1.807) is 11.3 Å². The molecule has 17 heavy (non-hydrogen) atoms. The predicted octanol–water partition coefficient (Wildman–Crippen LogP) is 2.92. The van der Waals surface area contributed by atoms with E-state index in [0.717, 1.165) is 28.6 Å². The lowest BCUT2D eigenvalue weighted by Crippen LogP contribution is -2.02. The number of aryl methyl sites for hydroxylation is 2. The third kappa shape index (κ3) is 2.85. The van der Waals surface area contributed by atoms with E-state index in [4.69, 9.17) is 0 Å². The molecule has 0 unspecified atom stereocenters. The quantitative estimate of drug-likeness (QED) is 0.907. The number of nitrogens with one attached hydrogen (secondary N) is 1. The summed E-state index contributed by atoms with van der Waals surface area (Å²) in [7, 11) is 1.95. The SMILES string of the molecule is Cc1nc(CNc2cn(C)nc2C(C)C)cs1. The molecule has 92 valence electrons. The van der Waals surface area contributed by atoms with E-state index in [0.29, 0.717) is 5.92 Å². The van der Waals surface area contributed by atoms with Gasteiger partial charge in [0.05, 0.1) is 28.6 Å². The van der Waals surface area contributed by atoms with Crippen LogP contribution >= 0.6 is 11.3 Å². The molecular formula is C12H18N4S. The van der Waals surface area contributed by atoms with Crippen LogP contribution < -0.4 is 5.32 Å². The van der Waals surface area contributed by atoms with Crippen molar-refractivity contribution in [1.29, 1.82) is 0 Å². The van der Waals surface area contributed by atoms with Crippen molar-refractivity contribution in [2.45, 2.75) is 33.2 Å². The Labute approximate surface area is 106 Å². The van der Waals surface area contributed by atoms with Crippen molar-refractivity contribution in [3.8, 4) is 0 Å². The van der Waals surface area contributed by atoms with Gasteiger partial charge in [0, 0.05) is 18.6 Å². The van der Waals surface area contributed by atoms with Crippen LogP contribution in [0.5, 0.6) is 0 Å². The number of thiazole rings is 1. The topological polar surface area (TPSA) is 42.7 Å². The molecule has 0 amide bonds. The van der Waals surface area contributed by atoms with Crippen molar-refractivity contribution in [3.63, 3.8) is 0 Å². The second-order valence-electron chi connectivity index (χ2n) is 4.47. The van der Waals surface area contributed by atoms with Gasteiger partial charge in [-0.05, 0) is 12.8 Å². The molecule has 4 nitrogen and oxygen atoms in total. The van der Waals surface area contributed by atoms with E-state index < -0.39 is 0 Å². The van der Waals surface area contributed by atoms with E-state index in [1.807, 2.05) is 24.9 Å². The standard InChI is InChI=1S/C12H18N4S/c1-8(2)12-11(6-16(4)15-12)13-5-10-7-17-9(3)14-10/h6-8,13H,5H2,1-4H3. The second kappa shape index (κ2) is 4.87. The Morgan fingerprint density at radius 3 is 2.82 bits per heavy atom. The molecule has 1 N–H and O–H groups in total. The molecule has 2 heterocycles. The van der Waals surface area contributed by atoms with E-state index in [2.05, 4.69) is 34.6 Å². The Hall–Kier alpha value is -1.36. The summed E-state index contributed by atoms with van der Waals surface area (Å²) in [6, 6.07) is 0. The van der Waals surface area contributed by atoms with Crippen LogP contribution in [0.25, 0.3) is 0 Å². The molecule has 0 fully saturated rings. The molecule has 0 spiro atoms. The van der Waals surface area contributed by atoms with Crippen molar-refractivity contribution >= 4 is 17.0 Å². The van der Waals surface area contributed by atoms with Crippen molar-refractivity contribution < 1.29 is 0 Å². The monoisotopic (exact) mass is 250 g/mol. The molecule has 0 radical (unpaired) electrons. The predicted molar refractivity (Wildman–Crippen MR) is 71.5 cm³/mol. The van der Waals surface area contributed by atoms with Crippen molar-refractivity contribution in [2.24, 2.45) is 7.05 Å². The van der Waals surface area contributed by atoms with Gasteiger partial charge in [0.2, 0.25) is 0 Å². The van der Waals surface area contributed by atoms with Crippen LogP contribution in [0.3, 0.4) is 0 Å². The average molecular weight is 250 g/mol. The summed E-state index contributed by atoms with van der Waals surface area (Å²) in [5.74, 6) is 0.427. The van der Waals surface area contributed by atoms with Gasteiger partial charge in [-0.2, -0.15) is 5.10 Å². The molecule has 0 atom stereocenters. The summed E-state index contributed by atoms with van der Waals surface area (Å²) in [5.41, 5.74) is 3.30. The van der Waals surface area contributed by atoms with Crippen LogP contribution in [0.4, 0.5) is 5.69 Å². The maximum absolute atomic E-state index is 4.46. The average Bonchev–Trinajstić information content (AvgIpc) is 2.82. The Bertz CT molecular complexity index is 498. The van der Waals surface area contributed by atoms with Crippen molar-refractivity contribution in [3.05, 3.63) is 28.0 Å². The zero-order valence-electron chi connectivity index (χ0n) is 10.7. The first-order valence-electron chi connectivity index (χ1n) is 5.74. The summed E-state index contributed by atoms with van der Waals surface area (Å²) in [6.07, 6.45) is 2.02. The third-order valence-electron chi connectivity index (χ3n) is 2.53. The second-order valence-corrected chi connectivity index (χ2v) is 5.53.